The first-order valence-corrected chi connectivity index (χ1v) is 10.1. The first-order valence-electron chi connectivity index (χ1n) is 8.60. The molecular weight excluding hydrogens is 423 g/mol. The summed E-state index contributed by atoms with van der Waals surface area (Å²) in [5.41, 5.74) is 0.599. The van der Waals surface area contributed by atoms with Crippen molar-refractivity contribution in [1.29, 1.82) is 0 Å². The van der Waals surface area contributed by atoms with Gasteiger partial charge < -0.3 is 4.74 Å². The molecule has 0 amide bonds. The molecule has 0 aliphatic rings. The van der Waals surface area contributed by atoms with Crippen molar-refractivity contribution < 1.29 is 31.1 Å². The lowest BCUT2D eigenvalue weighted by Crippen LogP contribution is -2.19. The fourth-order valence-electron chi connectivity index (χ4n) is 2.53. The highest BCUT2D eigenvalue weighted by molar-refractivity contribution is 7.91. The predicted molar refractivity (Wildman–Crippen MR) is 98.2 cm³/mol. The van der Waals surface area contributed by atoms with Gasteiger partial charge in [0.2, 0.25) is 20.7 Å². The number of Topliss-reactive ketones (excluding diaryl/α,β-unsaturated/α-hetero) is 1. The maximum Gasteiger partial charge on any atom is 0.227 e. The Morgan fingerprint density at radius 1 is 1.10 bits per heavy atom. The summed E-state index contributed by atoms with van der Waals surface area (Å²) in [5.74, 6) is -5.22. The number of hydrogen-bond acceptors (Lipinski definition) is 6. The molecular formula is C19H16F3N3O4S. The van der Waals surface area contributed by atoms with Crippen molar-refractivity contribution in [3.8, 4) is 5.75 Å². The number of halogens is 3. The SMILES string of the molecule is Cc1ccc(S(=O)(=O)c2cn(CC(=O)COc3c(C)c(F)cc(F)c3F)nn2)cc1. The van der Waals surface area contributed by atoms with E-state index in [1.54, 1.807) is 12.1 Å². The first kappa shape index (κ1) is 21.5. The monoisotopic (exact) mass is 439 g/mol. The van der Waals surface area contributed by atoms with E-state index in [4.69, 9.17) is 4.74 Å². The van der Waals surface area contributed by atoms with E-state index in [-0.39, 0.29) is 15.5 Å². The molecule has 0 radical (unpaired) electrons. The topological polar surface area (TPSA) is 91.2 Å². The molecule has 0 aliphatic carbocycles. The molecule has 0 unspecified atom stereocenters. The molecule has 3 aromatic rings. The van der Waals surface area contributed by atoms with Crippen molar-refractivity contribution >= 4 is 15.6 Å². The van der Waals surface area contributed by atoms with Crippen LogP contribution in [-0.4, -0.2) is 35.8 Å². The highest BCUT2D eigenvalue weighted by Gasteiger charge is 2.22. The quantitative estimate of drug-likeness (QED) is 0.526. The predicted octanol–water partition coefficient (Wildman–Crippen LogP) is 2.79. The lowest BCUT2D eigenvalue weighted by molar-refractivity contribution is -0.121. The summed E-state index contributed by atoms with van der Waals surface area (Å²) in [4.78, 5) is 12.1. The van der Waals surface area contributed by atoms with Crippen LogP contribution in [0.1, 0.15) is 11.1 Å². The number of hydrogen-bond donors (Lipinski definition) is 0. The second kappa shape index (κ2) is 8.27. The Kier molecular flexibility index (Phi) is 5.92. The molecule has 1 aromatic heterocycles. The van der Waals surface area contributed by atoms with Gasteiger partial charge in [0.25, 0.3) is 0 Å². The molecule has 0 saturated carbocycles. The maximum atomic E-state index is 13.8. The molecule has 1 heterocycles. The van der Waals surface area contributed by atoms with E-state index < -0.39 is 52.0 Å². The number of benzene rings is 2. The second-order valence-corrected chi connectivity index (χ2v) is 8.40. The maximum absolute atomic E-state index is 13.8. The lowest BCUT2D eigenvalue weighted by Gasteiger charge is -2.10. The zero-order valence-electron chi connectivity index (χ0n) is 15.9. The molecule has 0 aliphatic heterocycles. The Bertz CT molecular complexity index is 1180. The van der Waals surface area contributed by atoms with Crippen molar-refractivity contribution in [2.24, 2.45) is 0 Å². The molecule has 11 heteroatoms. The molecule has 30 heavy (non-hydrogen) atoms. The van der Waals surface area contributed by atoms with Crippen LogP contribution in [0.15, 0.2) is 46.5 Å². The fourth-order valence-corrected chi connectivity index (χ4v) is 3.67. The van der Waals surface area contributed by atoms with Crippen LogP contribution in [0.25, 0.3) is 0 Å². The van der Waals surface area contributed by atoms with Gasteiger partial charge in [0.05, 0.1) is 11.1 Å². The minimum Gasteiger partial charge on any atom is -0.482 e. The van der Waals surface area contributed by atoms with Crippen LogP contribution in [0.5, 0.6) is 5.75 Å². The van der Waals surface area contributed by atoms with Gasteiger partial charge in [-0.15, -0.1) is 5.10 Å². The summed E-state index contributed by atoms with van der Waals surface area (Å²) in [6, 6.07) is 6.50. The summed E-state index contributed by atoms with van der Waals surface area (Å²) in [5, 5.41) is 6.83. The third kappa shape index (κ3) is 4.35. The molecule has 0 atom stereocenters. The number of carbonyl (C=O) groups is 1. The zero-order chi connectivity index (χ0) is 22.1. The van der Waals surface area contributed by atoms with Gasteiger partial charge in [-0.25, -0.2) is 21.9 Å². The molecule has 0 fully saturated rings. The number of ketones is 1. The highest BCUT2D eigenvalue weighted by atomic mass is 32.2. The Hall–Kier alpha value is -3.21. The van der Waals surface area contributed by atoms with Gasteiger partial charge >= 0.3 is 0 Å². The van der Waals surface area contributed by atoms with Crippen LogP contribution in [0.4, 0.5) is 13.2 Å². The Labute approximate surface area is 170 Å². The summed E-state index contributed by atoms with van der Waals surface area (Å²) in [7, 11) is -3.92. The van der Waals surface area contributed by atoms with Crippen LogP contribution in [-0.2, 0) is 21.2 Å². The first-order chi connectivity index (χ1) is 14.1. The minimum atomic E-state index is -3.92. The number of nitrogens with zero attached hydrogens (tertiary/aromatic N) is 3. The largest absolute Gasteiger partial charge is 0.482 e. The number of rotatable bonds is 7. The zero-order valence-corrected chi connectivity index (χ0v) is 16.7. The average molecular weight is 439 g/mol. The molecule has 2 aromatic carbocycles. The van der Waals surface area contributed by atoms with Gasteiger partial charge in [0, 0.05) is 11.6 Å². The van der Waals surface area contributed by atoms with Crippen LogP contribution in [0.2, 0.25) is 0 Å². The number of aromatic nitrogens is 3. The Morgan fingerprint density at radius 3 is 2.43 bits per heavy atom. The molecule has 0 N–H and O–H groups in total. The Balaban J connectivity index is 1.69. The summed E-state index contributed by atoms with van der Waals surface area (Å²) in [6.07, 6.45) is 1.07. The van der Waals surface area contributed by atoms with Gasteiger partial charge in [0.1, 0.15) is 19.0 Å². The number of aryl methyl sites for hydroxylation is 1. The Morgan fingerprint density at radius 2 is 1.77 bits per heavy atom. The summed E-state index contributed by atoms with van der Waals surface area (Å²) < 4.78 is 71.6. The van der Waals surface area contributed by atoms with E-state index in [1.165, 1.54) is 19.1 Å². The van der Waals surface area contributed by atoms with Gasteiger partial charge in [-0.1, -0.05) is 22.9 Å². The standard InChI is InChI=1S/C19H16F3N3O4S/c1-11-3-5-14(6-4-11)30(27,28)17-9-25(24-23-17)8-13(26)10-29-19-12(2)15(20)7-16(21)18(19)22/h3-7,9H,8,10H2,1-2H3. The molecule has 158 valence electrons. The van der Waals surface area contributed by atoms with Gasteiger partial charge in [-0.2, -0.15) is 4.39 Å². The molecule has 0 spiro atoms. The van der Waals surface area contributed by atoms with Gasteiger partial charge in [0.15, 0.2) is 17.3 Å². The minimum absolute atomic E-state index is 0.0221. The van der Waals surface area contributed by atoms with Crippen molar-refractivity contribution in [3.63, 3.8) is 0 Å². The van der Waals surface area contributed by atoms with E-state index in [1.807, 2.05) is 6.92 Å². The fraction of sp³-hybridized carbons (Fsp3) is 0.211. The van der Waals surface area contributed by atoms with E-state index in [0.29, 0.717) is 6.07 Å². The molecule has 7 nitrogen and oxygen atoms in total. The normalized spacial score (nSPS) is 11.5. The lowest BCUT2D eigenvalue weighted by atomic mass is 10.2. The molecule has 0 saturated heterocycles. The van der Waals surface area contributed by atoms with E-state index in [9.17, 15) is 26.4 Å². The van der Waals surface area contributed by atoms with Crippen LogP contribution < -0.4 is 4.74 Å². The van der Waals surface area contributed by atoms with Crippen molar-refractivity contribution in [1.82, 2.24) is 15.0 Å². The number of ether oxygens (including phenoxy) is 1. The van der Waals surface area contributed by atoms with Crippen molar-refractivity contribution in [2.45, 2.75) is 30.3 Å². The summed E-state index contributed by atoms with van der Waals surface area (Å²) in [6.45, 7) is 1.85. The van der Waals surface area contributed by atoms with E-state index in [0.717, 1.165) is 16.4 Å². The smallest absolute Gasteiger partial charge is 0.227 e. The number of sulfone groups is 1. The third-order valence-corrected chi connectivity index (χ3v) is 5.83. The van der Waals surface area contributed by atoms with Gasteiger partial charge in [-0.05, 0) is 26.0 Å². The van der Waals surface area contributed by atoms with Gasteiger partial charge in [-0.3, -0.25) is 4.79 Å². The molecule has 0 bridgehead atoms. The number of carbonyl (C=O) groups excluding carboxylic acids is 1. The van der Waals surface area contributed by atoms with Crippen molar-refractivity contribution in [2.75, 3.05) is 6.61 Å². The second-order valence-electron chi connectivity index (χ2n) is 6.51. The molecule has 3 rings (SSSR count). The van der Waals surface area contributed by atoms with Crippen LogP contribution >= 0.6 is 0 Å². The van der Waals surface area contributed by atoms with E-state index >= 15 is 0 Å². The average Bonchev–Trinajstić information content (AvgIpc) is 3.16. The van der Waals surface area contributed by atoms with Crippen molar-refractivity contribution in [3.05, 3.63) is 65.1 Å². The van der Waals surface area contributed by atoms with E-state index in [2.05, 4.69) is 10.3 Å². The third-order valence-electron chi connectivity index (χ3n) is 4.20. The van der Waals surface area contributed by atoms with Crippen LogP contribution in [0.3, 0.4) is 0 Å². The highest BCUT2D eigenvalue weighted by Crippen LogP contribution is 2.27. The summed E-state index contributed by atoms with van der Waals surface area (Å²) >= 11 is 0. The van der Waals surface area contributed by atoms with Crippen LogP contribution in [0, 0.1) is 31.3 Å².